The second-order valence-corrected chi connectivity index (χ2v) is 5.45. The van der Waals surface area contributed by atoms with Gasteiger partial charge in [0.05, 0.1) is 6.33 Å². The topological polar surface area (TPSA) is 101 Å². The minimum absolute atomic E-state index is 0.216. The molecule has 20 heavy (non-hydrogen) atoms. The number of hydrogen-bond acceptors (Lipinski definition) is 5. The van der Waals surface area contributed by atoms with Crippen molar-refractivity contribution in [3.8, 4) is 0 Å². The van der Waals surface area contributed by atoms with Crippen LogP contribution >= 0.6 is 0 Å². The van der Waals surface area contributed by atoms with Crippen molar-refractivity contribution in [2.45, 2.75) is 51.0 Å². The third kappa shape index (κ3) is 3.50. The molecule has 1 aliphatic carbocycles. The first-order valence-electron chi connectivity index (χ1n) is 7.54. The van der Waals surface area contributed by atoms with E-state index in [9.17, 15) is 4.79 Å². The van der Waals surface area contributed by atoms with E-state index in [1.165, 1.54) is 32.0 Å². The van der Waals surface area contributed by atoms with Gasteiger partial charge in [0.1, 0.15) is 5.69 Å². The van der Waals surface area contributed by atoms with Gasteiger partial charge in [-0.05, 0) is 25.8 Å². The van der Waals surface area contributed by atoms with Crippen LogP contribution in [0.4, 0.5) is 11.5 Å². The largest absolute Gasteiger partial charge is 0.391 e. The quantitative estimate of drug-likeness (QED) is 0.704. The average Bonchev–Trinajstić information content (AvgIpc) is 2.73. The van der Waals surface area contributed by atoms with Crippen LogP contribution in [-0.2, 0) is 0 Å². The number of nitrogens with two attached hydrogens (primary N) is 2. The lowest BCUT2D eigenvalue weighted by Gasteiger charge is -2.32. The van der Waals surface area contributed by atoms with Crippen LogP contribution in [0.1, 0.15) is 44.9 Å². The molecule has 0 aliphatic heterocycles. The predicted octanol–water partition coefficient (Wildman–Crippen LogP) is 1.23. The number of aromatic nitrogens is 2. The molecule has 1 aromatic rings. The van der Waals surface area contributed by atoms with Gasteiger partial charge in [-0.15, -0.1) is 0 Å². The van der Waals surface area contributed by atoms with Crippen LogP contribution in [0.25, 0.3) is 0 Å². The fraction of sp³-hybridized carbons (Fsp3) is 0.714. The third-order valence-corrected chi connectivity index (χ3v) is 4.01. The molecule has 6 nitrogen and oxygen atoms in total. The Kier molecular flexibility index (Phi) is 5.40. The zero-order chi connectivity index (χ0) is 14.4. The van der Waals surface area contributed by atoms with Crippen molar-refractivity contribution in [1.82, 2.24) is 9.97 Å². The summed E-state index contributed by atoms with van der Waals surface area (Å²) >= 11 is 0. The second-order valence-electron chi connectivity index (χ2n) is 5.45. The molecule has 0 bridgehead atoms. The van der Waals surface area contributed by atoms with E-state index in [2.05, 4.69) is 14.9 Å². The molecule has 0 spiro atoms. The summed E-state index contributed by atoms with van der Waals surface area (Å²) in [5.41, 5.74) is 11.5. The molecule has 0 atom stereocenters. The summed E-state index contributed by atoms with van der Waals surface area (Å²) in [7, 11) is 0. The van der Waals surface area contributed by atoms with Crippen molar-refractivity contribution < 1.29 is 0 Å². The van der Waals surface area contributed by atoms with E-state index in [0.29, 0.717) is 18.4 Å². The Morgan fingerprint density at radius 2 is 2.00 bits per heavy atom. The van der Waals surface area contributed by atoms with E-state index in [0.717, 1.165) is 25.8 Å². The molecule has 1 fully saturated rings. The Labute approximate surface area is 119 Å². The van der Waals surface area contributed by atoms with Gasteiger partial charge in [-0.3, -0.25) is 4.79 Å². The molecule has 1 aliphatic rings. The molecule has 1 aromatic heterocycles. The SMILES string of the molecule is NCCCN(c1nc[nH]c(=O)c1N)C1CCCCCC1. The lowest BCUT2D eigenvalue weighted by molar-refractivity contribution is 0.515. The van der Waals surface area contributed by atoms with Crippen molar-refractivity contribution in [1.29, 1.82) is 0 Å². The maximum Gasteiger partial charge on any atom is 0.276 e. The number of nitrogen functional groups attached to an aromatic ring is 1. The fourth-order valence-electron chi connectivity index (χ4n) is 2.92. The van der Waals surface area contributed by atoms with E-state index < -0.39 is 0 Å². The van der Waals surface area contributed by atoms with Gasteiger partial charge in [0.15, 0.2) is 5.82 Å². The summed E-state index contributed by atoms with van der Waals surface area (Å²) in [5, 5.41) is 0. The van der Waals surface area contributed by atoms with Crippen molar-refractivity contribution in [3.05, 3.63) is 16.7 Å². The number of anilines is 2. The van der Waals surface area contributed by atoms with Crippen LogP contribution in [0.3, 0.4) is 0 Å². The summed E-state index contributed by atoms with van der Waals surface area (Å²) in [6.45, 7) is 1.44. The van der Waals surface area contributed by atoms with Crippen molar-refractivity contribution in [2.24, 2.45) is 5.73 Å². The molecule has 112 valence electrons. The Morgan fingerprint density at radius 1 is 1.30 bits per heavy atom. The van der Waals surface area contributed by atoms with Gasteiger partial charge >= 0.3 is 0 Å². The molecular weight excluding hydrogens is 254 g/mol. The fourth-order valence-corrected chi connectivity index (χ4v) is 2.92. The normalized spacial score (nSPS) is 16.9. The van der Waals surface area contributed by atoms with E-state index in [1.807, 2.05) is 0 Å². The minimum atomic E-state index is -0.263. The molecule has 0 radical (unpaired) electrons. The summed E-state index contributed by atoms with van der Waals surface area (Å²) < 4.78 is 0. The smallest absolute Gasteiger partial charge is 0.276 e. The molecule has 6 heteroatoms. The molecule has 0 aromatic carbocycles. The number of hydrogen-bond donors (Lipinski definition) is 3. The molecule has 1 saturated carbocycles. The number of rotatable bonds is 5. The standard InChI is InChI=1S/C14H25N5O/c15-8-5-9-19(11-6-3-1-2-4-7-11)13-12(16)14(20)18-10-17-13/h10-11H,1-9,15-16H2,(H,17,18,20). The first-order chi connectivity index (χ1) is 9.74. The lowest BCUT2D eigenvalue weighted by Crippen LogP contribution is -2.39. The minimum Gasteiger partial charge on any atom is -0.391 e. The number of nitrogens with zero attached hydrogens (tertiary/aromatic N) is 2. The number of nitrogens with one attached hydrogen (secondary N) is 1. The highest BCUT2D eigenvalue weighted by Gasteiger charge is 2.23. The molecular formula is C14H25N5O. The maximum atomic E-state index is 11.7. The van der Waals surface area contributed by atoms with Crippen LogP contribution in [0, 0.1) is 0 Å². The van der Waals surface area contributed by atoms with Crippen LogP contribution < -0.4 is 21.9 Å². The Morgan fingerprint density at radius 3 is 2.65 bits per heavy atom. The van der Waals surface area contributed by atoms with Crippen LogP contribution in [-0.4, -0.2) is 29.1 Å². The van der Waals surface area contributed by atoms with E-state index >= 15 is 0 Å². The Hall–Kier alpha value is -1.56. The summed E-state index contributed by atoms with van der Waals surface area (Å²) in [5.74, 6) is 0.620. The van der Waals surface area contributed by atoms with Gasteiger partial charge in [-0.25, -0.2) is 4.98 Å². The zero-order valence-corrected chi connectivity index (χ0v) is 12.0. The van der Waals surface area contributed by atoms with Crippen LogP contribution in [0.5, 0.6) is 0 Å². The second kappa shape index (κ2) is 7.28. The van der Waals surface area contributed by atoms with Gasteiger partial charge in [0, 0.05) is 12.6 Å². The monoisotopic (exact) mass is 279 g/mol. The summed E-state index contributed by atoms with van der Waals surface area (Å²) in [4.78, 5) is 20.7. The molecule has 0 unspecified atom stereocenters. The molecule has 2 rings (SSSR count). The van der Waals surface area contributed by atoms with Crippen molar-refractivity contribution in [2.75, 3.05) is 23.7 Å². The van der Waals surface area contributed by atoms with E-state index in [1.54, 1.807) is 0 Å². The summed E-state index contributed by atoms with van der Waals surface area (Å²) in [6.07, 6.45) is 9.63. The van der Waals surface area contributed by atoms with Gasteiger partial charge in [0.2, 0.25) is 0 Å². The number of H-pyrrole nitrogens is 1. The molecule has 0 amide bonds. The molecule has 5 N–H and O–H groups in total. The lowest BCUT2D eigenvalue weighted by atomic mass is 10.1. The van der Waals surface area contributed by atoms with Gasteiger partial charge < -0.3 is 21.4 Å². The Balaban J connectivity index is 2.25. The highest BCUT2D eigenvalue weighted by molar-refractivity contribution is 5.61. The highest BCUT2D eigenvalue weighted by Crippen LogP contribution is 2.27. The van der Waals surface area contributed by atoms with E-state index in [-0.39, 0.29) is 11.2 Å². The zero-order valence-electron chi connectivity index (χ0n) is 12.0. The first-order valence-corrected chi connectivity index (χ1v) is 7.54. The van der Waals surface area contributed by atoms with Crippen molar-refractivity contribution >= 4 is 11.5 Å². The maximum absolute atomic E-state index is 11.7. The van der Waals surface area contributed by atoms with Crippen molar-refractivity contribution in [3.63, 3.8) is 0 Å². The Bertz CT molecular complexity index is 465. The first kappa shape index (κ1) is 14.8. The van der Waals surface area contributed by atoms with Gasteiger partial charge in [0.25, 0.3) is 5.56 Å². The number of aromatic amines is 1. The average molecular weight is 279 g/mol. The van der Waals surface area contributed by atoms with Crippen LogP contribution in [0.2, 0.25) is 0 Å². The highest BCUT2D eigenvalue weighted by atomic mass is 16.1. The predicted molar refractivity (Wildman–Crippen MR) is 81.8 cm³/mol. The van der Waals surface area contributed by atoms with Gasteiger partial charge in [-0.2, -0.15) is 0 Å². The third-order valence-electron chi connectivity index (χ3n) is 4.01. The summed E-state index contributed by atoms with van der Waals surface area (Å²) in [6, 6.07) is 0.417. The molecule has 0 saturated heterocycles. The molecule has 1 heterocycles. The van der Waals surface area contributed by atoms with E-state index in [4.69, 9.17) is 11.5 Å². The van der Waals surface area contributed by atoms with Gasteiger partial charge in [-0.1, -0.05) is 25.7 Å². The van der Waals surface area contributed by atoms with Crippen LogP contribution in [0.15, 0.2) is 11.1 Å².